The van der Waals surface area contributed by atoms with Crippen LogP contribution < -0.4 is 10.6 Å². The molecule has 1 heterocycles. The Balaban J connectivity index is 1.68. The van der Waals surface area contributed by atoms with Crippen LogP contribution in [0, 0.1) is 0 Å². The molecule has 122 valence electrons. The van der Waals surface area contributed by atoms with Crippen LogP contribution in [0.3, 0.4) is 0 Å². The van der Waals surface area contributed by atoms with Gasteiger partial charge in [-0.2, -0.15) is 0 Å². The van der Waals surface area contributed by atoms with E-state index in [1.165, 1.54) is 6.92 Å². The molecule has 0 atom stereocenters. The lowest BCUT2D eigenvalue weighted by molar-refractivity contribution is -0.119. The van der Waals surface area contributed by atoms with Crippen LogP contribution in [-0.2, 0) is 9.59 Å². The number of anilines is 1. The molecule has 0 fully saturated rings. The summed E-state index contributed by atoms with van der Waals surface area (Å²) in [5.74, 6) is 0.00166. The molecule has 6 heteroatoms. The predicted octanol–water partition coefficient (Wildman–Crippen LogP) is 2.51. The van der Waals surface area contributed by atoms with Gasteiger partial charge in [-0.1, -0.05) is 6.42 Å². The minimum atomic E-state index is -0.0121. The number of benzene rings is 1. The van der Waals surface area contributed by atoms with E-state index in [9.17, 15) is 9.59 Å². The molecule has 0 bridgehead atoms. The molecule has 0 aliphatic rings. The van der Waals surface area contributed by atoms with Crippen molar-refractivity contribution in [2.24, 2.45) is 0 Å². The molecule has 2 amide bonds. The number of unbranched alkanes of at least 4 members (excludes halogenated alkanes) is 2. The lowest BCUT2D eigenvalue weighted by Crippen LogP contribution is -2.20. The second-order valence-corrected chi connectivity index (χ2v) is 5.36. The summed E-state index contributed by atoms with van der Waals surface area (Å²) in [6, 6.07) is 7.63. The van der Waals surface area contributed by atoms with E-state index in [0.717, 1.165) is 30.6 Å². The van der Waals surface area contributed by atoms with Gasteiger partial charge in [0, 0.05) is 43.7 Å². The zero-order valence-corrected chi connectivity index (χ0v) is 13.3. The molecule has 0 radical (unpaired) electrons. The Labute approximate surface area is 135 Å². The summed E-state index contributed by atoms with van der Waals surface area (Å²) < 4.78 is 1.90. The van der Waals surface area contributed by atoms with E-state index in [1.807, 2.05) is 35.0 Å². The summed E-state index contributed by atoms with van der Waals surface area (Å²) in [6.45, 7) is 2.18. The minimum Gasteiger partial charge on any atom is -0.356 e. The maximum atomic E-state index is 11.9. The molecule has 0 aliphatic carbocycles. The smallest absolute Gasteiger partial charge is 0.224 e. The van der Waals surface area contributed by atoms with Crippen molar-refractivity contribution in [3.8, 4) is 5.69 Å². The number of hydrogen-bond acceptors (Lipinski definition) is 3. The van der Waals surface area contributed by atoms with Crippen molar-refractivity contribution in [3.63, 3.8) is 0 Å². The monoisotopic (exact) mass is 314 g/mol. The summed E-state index contributed by atoms with van der Waals surface area (Å²) in [4.78, 5) is 26.6. The molecule has 1 aromatic heterocycles. The number of nitrogens with one attached hydrogen (secondary N) is 2. The summed E-state index contributed by atoms with van der Waals surface area (Å²) in [5.41, 5.74) is 1.79. The number of nitrogens with zero attached hydrogens (tertiary/aromatic N) is 2. The molecule has 2 N–H and O–H groups in total. The first-order valence-electron chi connectivity index (χ1n) is 7.78. The third-order valence-electron chi connectivity index (χ3n) is 3.41. The van der Waals surface area contributed by atoms with Crippen molar-refractivity contribution in [1.29, 1.82) is 0 Å². The molecule has 0 aliphatic heterocycles. The van der Waals surface area contributed by atoms with Crippen LogP contribution in [0.15, 0.2) is 43.0 Å². The Morgan fingerprint density at radius 1 is 1.13 bits per heavy atom. The Hall–Kier alpha value is -2.63. The Morgan fingerprint density at radius 3 is 2.57 bits per heavy atom. The highest BCUT2D eigenvalue weighted by atomic mass is 16.2. The van der Waals surface area contributed by atoms with Crippen LogP contribution in [0.4, 0.5) is 5.69 Å². The van der Waals surface area contributed by atoms with Gasteiger partial charge in [-0.25, -0.2) is 4.98 Å². The quantitative estimate of drug-likeness (QED) is 0.735. The van der Waals surface area contributed by atoms with Crippen LogP contribution in [-0.4, -0.2) is 27.9 Å². The third kappa shape index (κ3) is 5.94. The van der Waals surface area contributed by atoms with Gasteiger partial charge in [-0.15, -0.1) is 0 Å². The van der Waals surface area contributed by atoms with Gasteiger partial charge in [0.05, 0.1) is 6.33 Å². The lowest BCUT2D eigenvalue weighted by atomic mass is 10.2. The molecule has 0 saturated carbocycles. The Bertz CT molecular complexity index is 621. The lowest BCUT2D eigenvalue weighted by Gasteiger charge is -2.07. The van der Waals surface area contributed by atoms with Crippen molar-refractivity contribution in [2.45, 2.75) is 32.6 Å². The predicted molar refractivity (Wildman–Crippen MR) is 89.3 cm³/mol. The maximum absolute atomic E-state index is 11.9. The molecule has 2 rings (SSSR count). The average Bonchev–Trinajstić information content (AvgIpc) is 3.05. The van der Waals surface area contributed by atoms with Crippen molar-refractivity contribution >= 4 is 17.5 Å². The van der Waals surface area contributed by atoms with Gasteiger partial charge in [0.25, 0.3) is 0 Å². The fourth-order valence-electron chi connectivity index (χ4n) is 2.20. The van der Waals surface area contributed by atoms with Crippen molar-refractivity contribution < 1.29 is 9.59 Å². The van der Waals surface area contributed by atoms with Gasteiger partial charge in [0.1, 0.15) is 0 Å². The van der Waals surface area contributed by atoms with Gasteiger partial charge in [0.15, 0.2) is 0 Å². The van der Waals surface area contributed by atoms with E-state index in [0.29, 0.717) is 13.0 Å². The highest BCUT2D eigenvalue weighted by molar-refractivity contribution is 5.90. The SMILES string of the molecule is CC(=O)NCCCCCC(=O)Nc1ccc(-n2ccnc2)cc1. The number of carbonyl (C=O) groups is 2. The molecule has 1 aromatic carbocycles. The second kappa shape index (κ2) is 8.73. The number of hydrogen-bond donors (Lipinski definition) is 2. The molecule has 0 unspecified atom stereocenters. The molecule has 6 nitrogen and oxygen atoms in total. The van der Waals surface area contributed by atoms with Crippen LogP contribution in [0.25, 0.3) is 5.69 Å². The van der Waals surface area contributed by atoms with Gasteiger partial charge >= 0.3 is 0 Å². The first kappa shape index (κ1) is 16.7. The average molecular weight is 314 g/mol. The van der Waals surface area contributed by atoms with Crippen LogP contribution in [0.5, 0.6) is 0 Å². The highest BCUT2D eigenvalue weighted by Crippen LogP contribution is 2.13. The largest absolute Gasteiger partial charge is 0.356 e. The second-order valence-electron chi connectivity index (χ2n) is 5.36. The zero-order chi connectivity index (χ0) is 16.5. The van der Waals surface area contributed by atoms with Gasteiger partial charge in [-0.05, 0) is 37.1 Å². The van der Waals surface area contributed by atoms with E-state index in [2.05, 4.69) is 15.6 Å². The standard InChI is InChI=1S/C17H22N4O2/c1-14(22)19-10-4-2-3-5-17(23)20-15-6-8-16(9-7-15)21-12-11-18-13-21/h6-9,11-13H,2-5,10H2,1H3,(H,19,22)(H,20,23). The normalized spacial score (nSPS) is 10.3. The van der Waals surface area contributed by atoms with Crippen molar-refractivity contribution in [3.05, 3.63) is 43.0 Å². The first-order valence-corrected chi connectivity index (χ1v) is 7.78. The summed E-state index contributed by atoms with van der Waals surface area (Å²) in [7, 11) is 0. The number of imidazole rings is 1. The van der Waals surface area contributed by atoms with Gasteiger partial charge in [0.2, 0.25) is 11.8 Å². The molecular formula is C17H22N4O2. The molecule has 0 saturated heterocycles. The Morgan fingerprint density at radius 2 is 1.91 bits per heavy atom. The first-order chi connectivity index (χ1) is 11.1. The van der Waals surface area contributed by atoms with Crippen LogP contribution in [0.1, 0.15) is 32.6 Å². The number of amides is 2. The minimum absolute atomic E-state index is 0.0121. The molecule has 2 aromatic rings. The highest BCUT2D eigenvalue weighted by Gasteiger charge is 2.03. The number of rotatable bonds is 8. The van der Waals surface area contributed by atoms with Crippen molar-refractivity contribution in [1.82, 2.24) is 14.9 Å². The summed E-state index contributed by atoms with van der Waals surface area (Å²) >= 11 is 0. The van der Waals surface area contributed by atoms with E-state index in [4.69, 9.17) is 0 Å². The van der Waals surface area contributed by atoms with E-state index < -0.39 is 0 Å². The van der Waals surface area contributed by atoms with Crippen LogP contribution >= 0.6 is 0 Å². The van der Waals surface area contributed by atoms with Crippen LogP contribution in [0.2, 0.25) is 0 Å². The topological polar surface area (TPSA) is 76.0 Å². The zero-order valence-electron chi connectivity index (χ0n) is 13.3. The van der Waals surface area contributed by atoms with Gasteiger partial charge in [-0.3, -0.25) is 9.59 Å². The third-order valence-corrected chi connectivity index (χ3v) is 3.41. The summed E-state index contributed by atoms with van der Waals surface area (Å²) in [6.07, 6.45) is 8.45. The number of aromatic nitrogens is 2. The number of carbonyl (C=O) groups excluding carboxylic acids is 2. The van der Waals surface area contributed by atoms with Gasteiger partial charge < -0.3 is 15.2 Å². The summed E-state index contributed by atoms with van der Waals surface area (Å²) in [5, 5.41) is 5.63. The maximum Gasteiger partial charge on any atom is 0.224 e. The fourth-order valence-corrected chi connectivity index (χ4v) is 2.20. The molecule has 23 heavy (non-hydrogen) atoms. The van der Waals surface area contributed by atoms with E-state index in [1.54, 1.807) is 12.5 Å². The molecule has 0 spiro atoms. The Kier molecular flexibility index (Phi) is 6.35. The molecular weight excluding hydrogens is 292 g/mol. The van der Waals surface area contributed by atoms with Crippen molar-refractivity contribution in [2.75, 3.05) is 11.9 Å². The van der Waals surface area contributed by atoms with E-state index in [-0.39, 0.29) is 11.8 Å². The fraction of sp³-hybridized carbons (Fsp3) is 0.353. The van der Waals surface area contributed by atoms with E-state index >= 15 is 0 Å².